The van der Waals surface area contributed by atoms with Crippen LogP contribution in [-0.4, -0.2) is 61.9 Å². The molecule has 2 unspecified atom stereocenters. The van der Waals surface area contributed by atoms with Crippen LogP contribution in [0.3, 0.4) is 0 Å². The van der Waals surface area contributed by atoms with Crippen molar-refractivity contribution in [2.75, 3.05) is 20.3 Å². The monoisotopic (exact) mass is 510 g/mol. The molecule has 19 heteroatoms. The van der Waals surface area contributed by atoms with E-state index in [1.54, 1.807) is 0 Å². The zero-order valence-electron chi connectivity index (χ0n) is 15.9. The third-order valence-corrected chi connectivity index (χ3v) is 8.24. The van der Waals surface area contributed by atoms with Crippen LogP contribution in [0, 0.1) is 5.92 Å². The summed E-state index contributed by atoms with van der Waals surface area (Å²) < 4.78 is 58.4. The van der Waals surface area contributed by atoms with Gasteiger partial charge in [0.25, 0.3) is 5.56 Å². The molecule has 31 heavy (non-hydrogen) atoms. The van der Waals surface area contributed by atoms with E-state index in [1.165, 1.54) is 10.8 Å². The molecule has 1 aromatic heterocycles. The van der Waals surface area contributed by atoms with E-state index in [-0.39, 0.29) is 19.6 Å². The van der Waals surface area contributed by atoms with Crippen molar-refractivity contribution in [1.82, 2.24) is 9.55 Å². The normalized spacial score (nSPS) is 25.8. The van der Waals surface area contributed by atoms with Crippen LogP contribution in [0.4, 0.5) is 0 Å². The van der Waals surface area contributed by atoms with Crippen LogP contribution in [0.2, 0.25) is 0 Å². The van der Waals surface area contributed by atoms with Crippen molar-refractivity contribution in [2.45, 2.75) is 25.2 Å². The van der Waals surface area contributed by atoms with Crippen molar-refractivity contribution < 1.29 is 55.9 Å². The minimum absolute atomic E-state index is 0.0169. The number of aliphatic hydroxyl groups is 1. The van der Waals surface area contributed by atoms with Gasteiger partial charge < -0.3 is 24.5 Å². The Balaban J connectivity index is 2.02. The predicted molar refractivity (Wildman–Crippen MR) is 99.8 cm³/mol. The molecular weight excluding hydrogens is 489 g/mol. The minimum atomic E-state index is -5.54. The molecule has 0 aromatic carbocycles. The number of rotatable bonds is 11. The maximum absolute atomic E-state index is 12.4. The smallest absolute Gasteiger partial charge is 0.396 e. The van der Waals surface area contributed by atoms with E-state index < -0.39 is 59.4 Å². The summed E-state index contributed by atoms with van der Waals surface area (Å²) in [7, 11) is -15.1. The van der Waals surface area contributed by atoms with Gasteiger partial charge in [-0.1, -0.05) is 0 Å². The fraction of sp³-hybridized carbons (Fsp3) is 0.667. The van der Waals surface area contributed by atoms with Crippen molar-refractivity contribution in [3.05, 3.63) is 33.1 Å². The molecular formula is C12H21N2O14P3. The number of nitrogens with one attached hydrogen (secondary N) is 1. The number of aromatic amines is 1. The van der Waals surface area contributed by atoms with Crippen LogP contribution in [0.25, 0.3) is 0 Å². The molecule has 0 saturated carbocycles. The molecule has 2 heterocycles. The standard InChI is InChI=1S/C12H21N2O14P3/c1-24-31(23,28-30(21,22)27-29(18,19)20)25-7-10-8(6-15)4-9(26-10)5-14-3-2-11(16)13-12(14)17/h2-3,8-10,15H,4-7H2,1H3,(H,21,22)(H,13,16,17)(H2,18,19,20)/t8-,9-,10-,31?/m1/s1. The van der Waals surface area contributed by atoms with Crippen LogP contribution in [0.1, 0.15) is 6.42 Å². The van der Waals surface area contributed by atoms with Crippen LogP contribution >= 0.6 is 23.5 Å². The van der Waals surface area contributed by atoms with Gasteiger partial charge in [-0.3, -0.25) is 23.4 Å². The number of ether oxygens (including phenoxy) is 1. The van der Waals surface area contributed by atoms with Crippen molar-refractivity contribution >= 4 is 23.5 Å². The molecule has 1 aliphatic rings. The summed E-state index contributed by atoms with van der Waals surface area (Å²) >= 11 is 0. The topological polar surface area (TPSA) is 233 Å². The van der Waals surface area contributed by atoms with Gasteiger partial charge in [-0.25, -0.2) is 18.5 Å². The Morgan fingerprint density at radius 1 is 1.23 bits per heavy atom. The van der Waals surface area contributed by atoms with Gasteiger partial charge in [0.2, 0.25) is 0 Å². The van der Waals surface area contributed by atoms with Gasteiger partial charge in [0.05, 0.1) is 25.4 Å². The van der Waals surface area contributed by atoms with Crippen LogP contribution in [-0.2, 0) is 42.6 Å². The summed E-state index contributed by atoms with van der Waals surface area (Å²) in [5, 5.41) is 9.54. The highest BCUT2D eigenvalue weighted by atomic mass is 31.3. The maximum atomic E-state index is 12.4. The molecule has 2 rings (SSSR count). The van der Waals surface area contributed by atoms with Gasteiger partial charge in [0, 0.05) is 31.9 Å². The highest BCUT2D eigenvalue weighted by Gasteiger charge is 2.44. The molecule has 16 nitrogen and oxygen atoms in total. The zero-order valence-corrected chi connectivity index (χ0v) is 18.6. The van der Waals surface area contributed by atoms with Gasteiger partial charge in [-0.05, 0) is 6.42 Å². The Morgan fingerprint density at radius 2 is 1.90 bits per heavy atom. The lowest BCUT2D eigenvalue weighted by molar-refractivity contribution is -0.0138. The number of hydrogen-bond acceptors (Lipinski definition) is 11. The maximum Gasteiger partial charge on any atom is 0.490 e. The van der Waals surface area contributed by atoms with Gasteiger partial charge in [-0.2, -0.15) is 8.62 Å². The lowest BCUT2D eigenvalue weighted by atomic mass is 10.0. The Kier molecular flexibility index (Phi) is 8.73. The summed E-state index contributed by atoms with van der Waals surface area (Å²) in [6.07, 6.45) is -0.0243. The predicted octanol–water partition coefficient (Wildman–Crippen LogP) is -0.700. The van der Waals surface area contributed by atoms with Crippen molar-refractivity contribution in [1.29, 1.82) is 0 Å². The number of aliphatic hydroxyl groups excluding tert-OH is 1. The van der Waals surface area contributed by atoms with E-state index in [4.69, 9.17) is 19.0 Å². The fourth-order valence-corrected chi connectivity index (χ4v) is 6.11. The van der Waals surface area contributed by atoms with Crippen LogP contribution < -0.4 is 11.2 Å². The molecule has 5 N–H and O–H groups in total. The van der Waals surface area contributed by atoms with Gasteiger partial charge in [0.1, 0.15) is 0 Å². The molecule has 1 aromatic rings. The summed E-state index contributed by atoms with van der Waals surface area (Å²) in [5.41, 5.74) is -1.25. The summed E-state index contributed by atoms with van der Waals surface area (Å²) in [4.78, 5) is 51.5. The van der Waals surface area contributed by atoms with Crippen LogP contribution in [0.15, 0.2) is 21.9 Å². The molecule has 1 aliphatic heterocycles. The second kappa shape index (κ2) is 10.3. The lowest BCUT2D eigenvalue weighted by Crippen LogP contribution is -2.32. The van der Waals surface area contributed by atoms with E-state index in [1.807, 2.05) is 0 Å². The first kappa shape index (κ1) is 26.3. The molecule has 1 fully saturated rings. The first-order valence-corrected chi connectivity index (χ1v) is 12.9. The van der Waals surface area contributed by atoms with Crippen molar-refractivity contribution in [3.63, 3.8) is 0 Å². The lowest BCUT2D eigenvalue weighted by Gasteiger charge is -2.22. The fourth-order valence-electron chi connectivity index (χ4n) is 2.75. The highest BCUT2D eigenvalue weighted by molar-refractivity contribution is 7.66. The average Bonchev–Trinajstić information content (AvgIpc) is 3.02. The molecule has 0 spiro atoms. The van der Waals surface area contributed by atoms with Crippen molar-refractivity contribution in [2.24, 2.45) is 5.92 Å². The van der Waals surface area contributed by atoms with Gasteiger partial charge in [-0.15, -0.1) is 0 Å². The van der Waals surface area contributed by atoms with Crippen LogP contribution in [0.5, 0.6) is 0 Å². The van der Waals surface area contributed by atoms with E-state index in [2.05, 4.69) is 18.1 Å². The first-order chi connectivity index (χ1) is 14.3. The number of phosphoric acid groups is 3. The highest BCUT2D eigenvalue weighted by Crippen LogP contribution is 2.68. The number of phosphoric ester groups is 1. The number of hydrogen-bond donors (Lipinski definition) is 5. The average molecular weight is 510 g/mol. The zero-order chi connectivity index (χ0) is 23.4. The quantitative estimate of drug-likeness (QED) is 0.232. The van der Waals surface area contributed by atoms with Gasteiger partial charge in [0.15, 0.2) is 0 Å². The second-order valence-electron chi connectivity index (χ2n) is 6.29. The summed E-state index contributed by atoms with van der Waals surface area (Å²) in [5.74, 6) is -0.555. The Hall–Kier alpha value is -0.990. The molecule has 0 bridgehead atoms. The number of nitrogens with zero attached hydrogens (tertiary/aromatic N) is 1. The van der Waals surface area contributed by atoms with E-state index in [9.17, 15) is 33.3 Å². The molecule has 0 radical (unpaired) electrons. The SMILES string of the molecule is COP(=O)(OC[C@H]1O[C@@H](Cn2ccc(=O)[nH]c2=O)C[C@@H]1CO)OP(=O)(O)OP(=O)(O)O. The third-order valence-electron chi connectivity index (χ3n) is 4.02. The van der Waals surface area contributed by atoms with Crippen molar-refractivity contribution in [3.8, 4) is 0 Å². The Bertz CT molecular complexity index is 1020. The first-order valence-electron chi connectivity index (χ1n) is 8.43. The number of H-pyrrole nitrogens is 1. The van der Waals surface area contributed by atoms with Gasteiger partial charge >= 0.3 is 29.2 Å². The molecule has 1 saturated heterocycles. The minimum Gasteiger partial charge on any atom is -0.396 e. The molecule has 0 aliphatic carbocycles. The molecule has 5 atom stereocenters. The molecule has 0 amide bonds. The molecule has 178 valence electrons. The Morgan fingerprint density at radius 3 is 2.45 bits per heavy atom. The number of aromatic nitrogens is 2. The Labute approximate surface area is 174 Å². The summed E-state index contributed by atoms with van der Waals surface area (Å²) in [6, 6.07) is 1.14. The van der Waals surface area contributed by atoms with E-state index in [0.29, 0.717) is 0 Å². The van der Waals surface area contributed by atoms with E-state index >= 15 is 0 Å². The second-order valence-corrected chi connectivity index (χ2v) is 11.0. The van der Waals surface area contributed by atoms with E-state index in [0.717, 1.165) is 13.2 Å². The summed E-state index contributed by atoms with van der Waals surface area (Å²) in [6.45, 7) is -0.949. The largest absolute Gasteiger partial charge is 0.490 e. The third kappa shape index (κ3) is 8.13.